The van der Waals surface area contributed by atoms with Crippen LogP contribution in [0.3, 0.4) is 0 Å². The summed E-state index contributed by atoms with van der Waals surface area (Å²) in [4.78, 5) is 13.4. The summed E-state index contributed by atoms with van der Waals surface area (Å²) in [5, 5.41) is 2.98. The minimum atomic E-state index is -0.00465. The van der Waals surface area contributed by atoms with Gasteiger partial charge in [-0.3, -0.25) is 4.79 Å². The van der Waals surface area contributed by atoms with Crippen molar-refractivity contribution in [3.8, 4) is 11.5 Å². The quantitative estimate of drug-likeness (QED) is 0.808. The molecule has 0 heterocycles. The van der Waals surface area contributed by atoms with Gasteiger partial charge < -0.3 is 19.7 Å². The number of hydrogen-bond donors (Lipinski definition) is 2. The van der Waals surface area contributed by atoms with Crippen LogP contribution in [-0.4, -0.2) is 33.7 Å². The lowest BCUT2D eigenvalue weighted by Crippen LogP contribution is -3.08. The molecular formula is C20H27N2O3+. The molecular weight excluding hydrogens is 316 g/mol. The highest BCUT2D eigenvalue weighted by Crippen LogP contribution is 2.23. The van der Waals surface area contributed by atoms with Crippen molar-refractivity contribution in [2.45, 2.75) is 20.4 Å². The first kappa shape index (κ1) is 18.8. The first-order valence-corrected chi connectivity index (χ1v) is 8.31. The second kappa shape index (κ2) is 8.53. The number of methoxy groups -OCH3 is 2. The van der Waals surface area contributed by atoms with Crippen molar-refractivity contribution in [3.05, 3.63) is 53.1 Å². The van der Waals surface area contributed by atoms with Gasteiger partial charge >= 0.3 is 0 Å². The highest BCUT2D eigenvalue weighted by atomic mass is 16.5. The molecule has 0 spiro atoms. The Bertz CT molecular complexity index is 723. The van der Waals surface area contributed by atoms with Gasteiger partial charge in [0, 0.05) is 17.3 Å². The van der Waals surface area contributed by atoms with E-state index >= 15 is 0 Å². The van der Waals surface area contributed by atoms with E-state index in [1.54, 1.807) is 14.2 Å². The SMILES string of the molecule is COc1ccc(C[NH+](C)CC(=O)Nc2cc(C)cc(C)c2)c(OC)c1. The number of hydrogen-bond acceptors (Lipinski definition) is 3. The van der Waals surface area contributed by atoms with Gasteiger partial charge in [0.05, 0.1) is 21.3 Å². The van der Waals surface area contributed by atoms with Crippen LogP contribution in [0.2, 0.25) is 0 Å². The van der Waals surface area contributed by atoms with Crippen LogP contribution in [0.1, 0.15) is 16.7 Å². The van der Waals surface area contributed by atoms with Gasteiger partial charge in [0.25, 0.3) is 5.91 Å². The van der Waals surface area contributed by atoms with Gasteiger partial charge in [0.2, 0.25) is 0 Å². The molecule has 0 saturated carbocycles. The summed E-state index contributed by atoms with van der Waals surface area (Å²) in [6, 6.07) is 11.8. The maximum atomic E-state index is 12.3. The number of carbonyl (C=O) groups excluding carboxylic acids is 1. The number of aryl methyl sites for hydroxylation is 2. The standard InChI is InChI=1S/C20H26N2O3/c1-14-8-15(2)10-17(9-14)21-20(23)13-22(3)12-16-6-7-18(24-4)11-19(16)25-5/h6-11H,12-13H2,1-5H3,(H,21,23)/p+1. The van der Waals surface area contributed by atoms with Crippen LogP contribution < -0.4 is 19.7 Å². The summed E-state index contributed by atoms with van der Waals surface area (Å²) in [5.74, 6) is 1.52. The number of anilines is 1. The maximum absolute atomic E-state index is 12.3. The van der Waals surface area contributed by atoms with E-state index in [0.717, 1.165) is 38.8 Å². The number of amides is 1. The van der Waals surface area contributed by atoms with Crippen molar-refractivity contribution >= 4 is 11.6 Å². The third-order valence-electron chi connectivity index (χ3n) is 3.95. The topological polar surface area (TPSA) is 52.0 Å². The summed E-state index contributed by atoms with van der Waals surface area (Å²) in [5.41, 5.74) is 4.16. The monoisotopic (exact) mass is 343 g/mol. The molecule has 0 aliphatic heterocycles. The number of rotatable bonds is 7. The molecule has 0 aliphatic carbocycles. The minimum Gasteiger partial charge on any atom is -0.497 e. The van der Waals surface area contributed by atoms with Gasteiger partial charge in [-0.15, -0.1) is 0 Å². The number of benzene rings is 2. The lowest BCUT2D eigenvalue weighted by atomic mass is 10.1. The van der Waals surface area contributed by atoms with Crippen molar-refractivity contribution in [1.29, 1.82) is 0 Å². The Morgan fingerprint density at radius 1 is 1.04 bits per heavy atom. The third kappa shape index (κ3) is 5.50. The smallest absolute Gasteiger partial charge is 0.279 e. The minimum absolute atomic E-state index is 0.00465. The molecule has 2 rings (SSSR count). The largest absolute Gasteiger partial charge is 0.497 e. The summed E-state index contributed by atoms with van der Waals surface area (Å²) in [7, 11) is 5.26. The molecule has 5 nitrogen and oxygen atoms in total. The third-order valence-corrected chi connectivity index (χ3v) is 3.95. The Morgan fingerprint density at radius 3 is 2.32 bits per heavy atom. The fourth-order valence-electron chi connectivity index (χ4n) is 2.91. The Kier molecular flexibility index (Phi) is 6.42. The average Bonchev–Trinajstić information content (AvgIpc) is 2.53. The number of carbonyl (C=O) groups is 1. The molecule has 25 heavy (non-hydrogen) atoms. The first-order chi connectivity index (χ1) is 11.9. The Morgan fingerprint density at radius 2 is 1.72 bits per heavy atom. The van der Waals surface area contributed by atoms with Crippen LogP contribution in [0.25, 0.3) is 0 Å². The van der Waals surface area contributed by atoms with E-state index < -0.39 is 0 Å². The zero-order valence-electron chi connectivity index (χ0n) is 15.6. The van der Waals surface area contributed by atoms with Crippen LogP contribution in [0, 0.1) is 13.8 Å². The van der Waals surface area contributed by atoms with Gasteiger partial charge in [-0.2, -0.15) is 0 Å². The molecule has 1 amide bonds. The Labute approximate surface area is 149 Å². The number of quaternary nitrogens is 1. The van der Waals surface area contributed by atoms with Crippen LogP contribution in [0.5, 0.6) is 11.5 Å². The molecule has 0 bridgehead atoms. The second-order valence-electron chi connectivity index (χ2n) is 6.41. The van der Waals surface area contributed by atoms with E-state index in [4.69, 9.17) is 9.47 Å². The van der Waals surface area contributed by atoms with E-state index in [-0.39, 0.29) is 5.91 Å². The second-order valence-corrected chi connectivity index (χ2v) is 6.41. The fraction of sp³-hybridized carbons (Fsp3) is 0.350. The van der Waals surface area contributed by atoms with Gasteiger partial charge in [0.1, 0.15) is 18.0 Å². The Balaban J connectivity index is 1.97. The molecule has 1 unspecified atom stereocenters. The zero-order chi connectivity index (χ0) is 18.4. The number of likely N-dealkylation sites (N-methyl/N-ethyl adjacent to an activating group) is 1. The van der Waals surface area contributed by atoms with Crippen LogP contribution in [0.15, 0.2) is 36.4 Å². The summed E-state index contributed by atoms with van der Waals surface area (Å²) in [6.45, 7) is 5.11. The maximum Gasteiger partial charge on any atom is 0.279 e. The van der Waals surface area contributed by atoms with E-state index in [9.17, 15) is 4.79 Å². The molecule has 0 aliphatic rings. The van der Waals surface area contributed by atoms with Gasteiger partial charge in [-0.05, 0) is 49.2 Å². The molecule has 0 fully saturated rings. The van der Waals surface area contributed by atoms with Crippen molar-refractivity contribution in [3.63, 3.8) is 0 Å². The fourth-order valence-corrected chi connectivity index (χ4v) is 2.91. The van der Waals surface area contributed by atoms with Gasteiger partial charge in [-0.1, -0.05) is 6.07 Å². The zero-order valence-corrected chi connectivity index (χ0v) is 15.6. The van der Waals surface area contributed by atoms with Crippen molar-refractivity contribution in [2.75, 3.05) is 33.1 Å². The predicted molar refractivity (Wildman–Crippen MR) is 99.5 cm³/mol. The molecule has 2 aromatic carbocycles. The predicted octanol–water partition coefficient (Wildman–Crippen LogP) is 1.97. The van der Waals surface area contributed by atoms with Crippen molar-refractivity contribution in [1.82, 2.24) is 0 Å². The first-order valence-electron chi connectivity index (χ1n) is 8.31. The lowest BCUT2D eigenvalue weighted by Gasteiger charge is -2.16. The normalized spacial score (nSPS) is 11.7. The van der Waals surface area contributed by atoms with E-state index in [0.29, 0.717) is 13.1 Å². The van der Waals surface area contributed by atoms with Crippen LogP contribution >= 0.6 is 0 Å². The van der Waals surface area contributed by atoms with Gasteiger partial charge in [-0.25, -0.2) is 0 Å². The molecule has 0 radical (unpaired) electrons. The Hall–Kier alpha value is -2.53. The summed E-state index contributed by atoms with van der Waals surface area (Å²) >= 11 is 0. The van der Waals surface area contributed by atoms with Crippen LogP contribution in [0.4, 0.5) is 5.69 Å². The van der Waals surface area contributed by atoms with Crippen LogP contribution in [-0.2, 0) is 11.3 Å². The summed E-state index contributed by atoms with van der Waals surface area (Å²) in [6.07, 6.45) is 0. The molecule has 2 N–H and O–H groups in total. The summed E-state index contributed by atoms with van der Waals surface area (Å²) < 4.78 is 10.6. The highest BCUT2D eigenvalue weighted by molar-refractivity contribution is 5.91. The van der Waals surface area contributed by atoms with E-state index in [1.165, 1.54) is 0 Å². The molecule has 1 atom stereocenters. The molecule has 134 valence electrons. The number of nitrogens with one attached hydrogen (secondary N) is 2. The van der Waals surface area contributed by atoms with Gasteiger partial charge in [0.15, 0.2) is 6.54 Å². The van der Waals surface area contributed by atoms with E-state index in [1.807, 2.05) is 51.2 Å². The highest BCUT2D eigenvalue weighted by Gasteiger charge is 2.14. The molecule has 5 heteroatoms. The lowest BCUT2D eigenvalue weighted by molar-refractivity contribution is -0.885. The molecule has 0 saturated heterocycles. The van der Waals surface area contributed by atoms with Crippen molar-refractivity contribution in [2.24, 2.45) is 0 Å². The number of ether oxygens (including phenoxy) is 2. The average molecular weight is 343 g/mol. The molecule has 0 aromatic heterocycles. The van der Waals surface area contributed by atoms with Crippen molar-refractivity contribution < 1.29 is 19.2 Å². The molecule has 2 aromatic rings. The van der Waals surface area contributed by atoms with E-state index in [2.05, 4.69) is 11.4 Å².